The first-order valence-corrected chi connectivity index (χ1v) is 14.5. The molecule has 208 valence electrons. The minimum atomic E-state index is -3.93. The number of alkyl carbamates (subject to hydrolysis) is 1. The minimum Gasteiger partial charge on any atom is -0.493 e. The predicted molar refractivity (Wildman–Crippen MR) is 147 cm³/mol. The Morgan fingerprint density at radius 1 is 1.10 bits per heavy atom. The van der Waals surface area contributed by atoms with Gasteiger partial charge in [0.05, 0.1) is 23.6 Å². The number of hydrogen-bond acceptors (Lipinski definition) is 7. The molecule has 3 aromatic rings. The van der Waals surface area contributed by atoms with Crippen molar-refractivity contribution in [3.63, 3.8) is 0 Å². The number of carbonyl (C=O) groups is 1. The molecule has 2 atom stereocenters. The van der Waals surface area contributed by atoms with Crippen LogP contribution in [0.4, 0.5) is 4.79 Å². The van der Waals surface area contributed by atoms with Crippen molar-refractivity contribution in [1.82, 2.24) is 14.6 Å². The van der Waals surface area contributed by atoms with Crippen LogP contribution < -0.4 is 10.1 Å². The Bertz CT molecular complexity index is 1340. The van der Waals surface area contributed by atoms with Crippen molar-refractivity contribution in [1.29, 1.82) is 0 Å². The van der Waals surface area contributed by atoms with Crippen molar-refractivity contribution in [3.05, 3.63) is 89.7 Å². The van der Waals surface area contributed by atoms with Gasteiger partial charge in [0.15, 0.2) is 0 Å². The molecule has 0 saturated heterocycles. The molecule has 0 aliphatic carbocycles. The van der Waals surface area contributed by atoms with Gasteiger partial charge in [-0.05, 0) is 47.7 Å². The molecule has 1 aromatic heterocycles. The van der Waals surface area contributed by atoms with Gasteiger partial charge in [-0.3, -0.25) is 4.98 Å². The van der Waals surface area contributed by atoms with Crippen molar-refractivity contribution < 1.29 is 27.8 Å². The number of hydrogen-bond donors (Lipinski definition) is 2. The largest absolute Gasteiger partial charge is 0.493 e. The van der Waals surface area contributed by atoms with Crippen LogP contribution in [0.25, 0.3) is 0 Å². The number of aromatic nitrogens is 1. The average Bonchev–Trinajstić information content (AvgIpc) is 3.40. The van der Waals surface area contributed by atoms with E-state index >= 15 is 0 Å². The maximum atomic E-state index is 13.7. The summed E-state index contributed by atoms with van der Waals surface area (Å²) in [6, 6.07) is 17.0. The molecule has 4 rings (SSSR count). The highest BCUT2D eigenvalue weighted by molar-refractivity contribution is 7.89. The summed E-state index contributed by atoms with van der Waals surface area (Å²) in [5, 5.41) is 14.1. The lowest BCUT2D eigenvalue weighted by molar-refractivity contribution is 0.0873. The zero-order valence-electron chi connectivity index (χ0n) is 22.2. The standard InChI is InChI=1S/C29H35N3O6S/c1-21(2)18-32(39(35,36)25-10-11-28-24(16-25)12-14-37-28)19-27(33)26(15-22-7-4-3-5-8-22)31-29(34)38-20-23-9-6-13-30-17-23/h3-11,13,16-17,21,26-27,33H,12,14-15,18-20H2,1-2H3,(H,31,34). The molecule has 1 aliphatic rings. The Hall–Kier alpha value is -3.47. The third-order valence-corrected chi connectivity index (χ3v) is 8.24. The molecule has 2 N–H and O–H groups in total. The number of fused-ring (bicyclic) bond motifs is 1. The second kappa shape index (κ2) is 13.1. The zero-order valence-corrected chi connectivity index (χ0v) is 23.0. The summed E-state index contributed by atoms with van der Waals surface area (Å²) in [5.74, 6) is 0.705. The number of sulfonamides is 1. The highest BCUT2D eigenvalue weighted by Crippen LogP contribution is 2.29. The maximum Gasteiger partial charge on any atom is 0.407 e. The Balaban J connectivity index is 1.52. The lowest BCUT2D eigenvalue weighted by Crippen LogP contribution is -2.51. The van der Waals surface area contributed by atoms with Gasteiger partial charge < -0.3 is 19.9 Å². The SMILES string of the molecule is CC(C)CN(CC(O)C(Cc1ccccc1)NC(=O)OCc1cccnc1)S(=O)(=O)c1ccc2c(c1)CCO2. The molecule has 0 fully saturated rings. The number of amides is 1. The van der Waals surface area contributed by atoms with Crippen LogP contribution in [0.2, 0.25) is 0 Å². The van der Waals surface area contributed by atoms with Gasteiger partial charge in [-0.15, -0.1) is 0 Å². The number of nitrogens with zero attached hydrogens (tertiary/aromatic N) is 2. The minimum absolute atomic E-state index is 0.00900. The highest BCUT2D eigenvalue weighted by Gasteiger charge is 2.32. The van der Waals surface area contributed by atoms with E-state index in [2.05, 4.69) is 10.3 Å². The van der Waals surface area contributed by atoms with E-state index in [1.165, 1.54) is 10.4 Å². The van der Waals surface area contributed by atoms with E-state index in [1.54, 1.807) is 36.7 Å². The van der Waals surface area contributed by atoms with Crippen LogP contribution in [-0.4, -0.2) is 60.7 Å². The van der Waals surface area contributed by atoms with E-state index in [4.69, 9.17) is 9.47 Å². The summed E-state index contributed by atoms with van der Waals surface area (Å²) in [6.45, 7) is 4.38. The lowest BCUT2D eigenvalue weighted by atomic mass is 10.0. The predicted octanol–water partition coefficient (Wildman–Crippen LogP) is 3.56. The normalized spacial score (nSPS) is 14.5. The van der Waals surface area contributed by atoms with E-state index in [1.807, 2.05) is 44.2 Å². The first-order chi connectivity index (χ1) is 18.7. The highest BCUT2D eigenvalue weighted by atomic mass is 32.2. The summed E-state index contributed by atoms with van der Waals surface area (Å²) in [6.07, 6.45) is 2.25. The van der Waals surface area contributed by atoms with E-state index in [-0.39, 0.29) is 36.9 Å². The summed E-state index contributed by atoms with van der Waals surface area (Å²) in [7, 11) is -3.93. The lowest BCUT2D eigenvalue weighted by Gasteiger charge is -2.30. The molecule has 2 aromatic carbocycles. The number of nitrogens with one attached hydrogen (secondary N) is 1. The summed E-state index contributed by atoms with van der Waals surface area (Å²) in [4.78, 5) is 16.9. The smallest absolute Gasteiger partial charge is 0.407 e. The van der Waals surface area contributed by atoms with E-state index in [9.17, 15) is 18.3 Å². The molecule has 0 spiro atoms. The van der Waals surface area contributed by atoms with Gasteiger partial charge in [0.25, 0.3) is 0 Å². The third-order valence-electron chi connectivity index (χ3n) is 6.42. The maximum absolute atomic E-state index is 13.7. The van der Waals surface area contributed by atoms with Crippen molar-refractivity contribution in [2.75, 3.05) is 19.7 Å². The van der Waals surface area contributed by atoms with E-state index < -0.39 is 28.3 Å². The number of aliphatic hydroxyl groups is 1. The summed E-state index contributed by atoms with van der Waals surface area (Å²) in [5.41, 5.74) is 2.45. The molecular weight excluding hydrogens is 518 g/mol. The molecule has 1 aliphatic heterocycles. The number of carbonyl (C=O) groups excluding carboxylic acids is 1. The van der Waals surface area contributed by atoms with Crippen molar-refractivity contribution in [3.8, 4) is 5.75 Å². The van der Waals surface area contributed by atoms with Gasteiger partial charge in [-0.25, -0.2) is 13.2 Å². The Morgan fingerprint density at radius 3 is 2.59 bits per heavy atom. The number of aliphatic hydroxyl groups excluding tert-OH is 1. The molecule has 0 saturated carbocycles. The molecule has 1 amide bonds. The fourth-order valence-corrected chi connectivity index (χ4v) is 6.14. The Morgan fingerprint density at radius 2 is 1.87 bits per heavy atom. The number of benzene rings is 2. The quantitative estimate of drug-likeness (QED) is 0.352. The van der Waals surface area contributed by atoms with Gasteiger partial charge >= 0.3 is 6.09 Å². The van der Waals surface area contributed by atoms with Crippen LogP contribution in [0.3, 0.4) is 0 Å². The van der Waals surface area contributed by atoms with Gasteiger partial charge in [0, 0.05) is 37.5 Å². The van der Waals surface area contributed by atoms with E-state index in [0.717, 1.165) is 16.7 Å². The van der Waals surface area contributed by atoms with Crippen LogP contribution in [0, 0.1) is 5.92 Å². The molecule has 2 heterocycles. The molecule has 39 heavy (non-hydrogen) atoms. The monoisotopic (exact) mass is 553 g/mol. The number of ether oxygens (including phenoxy) is 2. The Labute approximate surface area is 229 Å². The fraction of sp³-hybridized carbons (Fsp3) is 0.379. The number of pyridine rings is 1. The van der Waals surface area contributed by atoms with Crippen LogP contribution >= 0.6 is 0 Å². The first-order valence-electron chi connectivity index (χ1n) is 13.0. The number of rotatable bonds is 12. The van der Waals surface area contributed by atoms with Gasteiger partial charge in [-0.2, -0.15) is 4.31 Å². The van der Waals surface area contributed by atoms with Crippen LogP contribution in [-0.2, 0) is 34.2 Å². The van der Waals surface area contributed by atoms with Crippen LogP contribution in [0.15, 0.2) is 78.0 Å². The van der Waals surface area contributed by atoms with Crippen molar-refractivity contribution in [2.24, 2.45) is 5.92 Å². The molecular formula is C29H35N3O6S. The van der Waals surface area contributed by atoms with Crippen LogP contribution in [0.5, 0.6) is 5.75 Å². The Kier molecular flexibility index (Phi) is 9.55. The molecule has 2 unspecified atom stereocenters. The van der Waals surface area contributed by atoms with Gasteiger partial charge in [0.1, 0.15) is 12.4 Å². The van der Waals surface area contributed by atoms with Crippen LogP contribution in [0.1, 0.15) is 30.5 Å². The molecule has 9 nitrogen and oxygen atoms in total. The summed E-state index contributed by atoms with van der Waals surface area (Å²) >= 11 is 0. The summed E-state index contributed by atoms with van der Waals surface area (Å²) < 4.78 is 39.6. The third kappa shape index (κ3) is 7.78. The first kappa shape index (κ1) is 28.5. The van der Waals surface area contributed by atoms with Crippen molar-refractivity contribution >= 4 is 16.1 Å². The average molecular weight is 554 g/mol. The molecule has 10 heteroatoms. The van der Waals surface area contributed by atoms with Crippen molar-refractivity contribution in [2.45, 2.75) is 50.3 Å². The van der Waals surface area contributed by atoms with E-state index in [0.29, 0.717) is 18.8 Å². The topological polar surface area (TPSA) is 118 Å². The molecule has 0 radical (unpaired) electrons. The second-order valence-electron chi connectivity index (χ2n) is 10.0. The molecule has 0 bridgehead atoms. The van der Waals surface area contributed by atoms with Gasteiger partial charge in [0.2, 0.25) is 10.0 Å². The zero-order chi connectivity index (χ0) is 27.8. The second-order valence-corrected chi connectivity index (χ2v) is 12.0. The fourth-order valence-electron chi connectivity index (χ4n) is 4.46. The van der Waals surface area contributed by atoms with Gasteiger partial charge in [-0.1, -0.05) is 50.2 Å².